The summed E-state index contributed by atoms with van der Waals surface area (Å²) in [5, 5.41) is 6.36. The largest absolute Gasteiger partial charge is 0.497 e. The number of carbonyl (C=O) groups is 1. The third-order valence-corrected chi connectivity index (χ3v) is 3.07. The van der Waals surface area contributed by atoms with Crippen molar-refractivity contribution in [1.82, 2.24) is 20.1 Å². The highest BCUT2D eigenvalue weighted by Crippen LogP contribution is 2.29. The van der Waals surface area contributed by atoms with Crippen LogP contribution in [0.3, 0.4) is 0 Å². The smallest absolute Gasteiger partial charge is 0.316 e. The highest BCUT2D eigenvalue weighted by atomic mass is 16.5. The summed E-state index contributed by atoms with van der Waals surface area (Å²) in [5.41, 5.74) is 0.820. The average molecular weight is 327 g/mol. The van der Waals surface area contributed by atoms with Gasteiger partial charge in [0.25, 0.3) is 0 Å². The quantitative estimate of drug-likeness (QED) is 0.755. The topological polar surface area (TPSA) is 112 Å². The van der Waals surface area contributed by atoms with E-state index >= 15 is 0 Å². The van der Waals surface area contributed by atoms with Gasteiger partial charge in [0.05, 0.1) is 26.1 Å². The number of anilines is 1. The molecule has 2 aromatic heterocycles. The molecule has 0 spiro atoms. The van der Waals surface area contributed by atoms with Crippen LogP contribution in [0.2, 0.25) is 0 Å². The summed E-state index contributed by atoms with van der Waals surface area (Å²) in [4.78, 5) is 24.2. The van der Waals surface area contributed by atoms with E-state index in [0.717, 1.165) is 0 Å². The lowest BCUT2D eigenvalue weighted by Crippen LogP contribution is -2.13. The van der Waals surface area contributed by atoms with Crippen molar-refractivity contribution in [3.05, 3.63) is 42.7 Å². The maximum Gasteiger partial charge on any atom is 0.316 e. The summed E-state index contributed by atoms with van der Waals surface area (Å²) in [6.45, 7) is 0. The fraction of sp³-hybridized carbons (Fsp3) is 0.133. The molecule has 1 aromatic carbocycles. The van der Waals surface area contributed by atoms with Gasteiger partial charge in [-0.3, -0.25) is 9.78 Å². The number of hydrogen-bond acceptors (Lipinski definition) is 8. The van der Waals surface area contributed by atoms with Crippen molar-refractivity contribution in [2.45, 2.75) is 0 Å². The van der Waals surface area contributed by atoms with E-state index in [1.165, 1.54) is 32.8 Å². The maximum atomic E-state index is 12.3. The van der Waals surface area contributed by atoms with Crippen LogP contribution in [0, 0.1) is 0 Å². The fourth-order valence-corrected chi connectivity index (χ4v) is 1.92. The van der Waals surface area contributed by atoms with Gasteiger partial charge in [-0.05, 0) is 12.1 Å². The predicted octanol–water partition coefficient (Wildman–Crippen LogP) is 1.80. The Bertz CT molecular complexity index is 850. The summed E-state index contributed by atoms with van der Waals surface area (Å²) >= 11 is 0. The minimum atomic E-state index is -0.579. The number of aromatic nitrogens is 4. The highest BCUT2D eigenvalue weighted by molar-refractivity contribution is 6.02. The second kappa shape index (κ2) is 6.73. The molecule has 0 saturated heterocycles. The highest BCUT2D eigenvalue weighted by Gasteiger charge is 2.18. The van der Waals surface area contributed by atoms with E-state index in [-0.39, 0.29) is 11.7 Å². The van der Waals surface area contributed by atoms with Crippen LogP contribution in [0.15, 0.2) is 41.3 Å². The van der Waals surface area contributed by atoms with E-state index in [4.69, 9.17) is 14.0 Å². The molecule has 0 bridgehead atoms. The molecule has 0 unspecified atom stereocenters. The van der Waals surface area contributed by atoms with Gasteiger partial charge in [0.2, 0.25) is 5.82 Å². The molecule has 0 atom stereocenters. The van der Waals surface area contributed by atoms with Gasteiger partial charge in [-0.15, -0.1) is 0 Å². The average Bonchev–Trinajstić information content (AvgIpc) is 3.12. The Balaban J connectivity index is 1.82. The molecule has 0 aliphatic heterocycles. The minimum absolute atomic E-state index is 0.172. The molecule has 3 rings (SSSR count). The van der Waals surface area contributed by atoms with Crippen molar-refractivity contribution in [1.29, 1.82) is 0 Å². The number of nitrogens with zero attached hydrogens (tertiary/aromatic N) is 4. The Hall–Kier alpha value is -3.49. The van der Waals surface area contributed by atoms with E-state index in [2.05, 4.69) is 25.4 Å². The van der Waals surface area contributed by atoms with Crippen molar-refractivity contribution in [3.63, 3.8) is 0 Å². The molecule has 9 heteroatoms. The van der Waals surface area contributed by atoms with Gasteiger partial charge < -0.3 is 19.3 Å². The zero-order valence-corrected chi connectivity index (χ0v) is 12.9. The Morgan fingerprint density at radius 1 is 1.21 bits per heavy atom. The van der Waals surface area contributed by atoms with Gasteiger partial charge in [0.1, 0.15) is 17.2 Å². The van der Waals surface area contributed by atoms with Gasteiger partial charge in [-0.25, -0.2) is 4.98 Å². The predicted molar refractivity (Wildman–Crippen MR) is 82.8 cm³/mol. The zero-order valence-electron chi connectivity index (χ0n) is 12.9. The summed E-state index contributed by atoms with van der Waals surface area (Å²) in [6, 6.07) is 5.01. The van der Waals surface area contributed by atoms with E-state index in [0.29, 0.717) is 22.9 Å². The van der Waals surface area contributed by atoms with Gasteiger partial charge in [0, 0.05) is 18.5 Å². The lowest BCUT2D eigenvalue weighted by Gasteiger charge is -2.10. The molecule has 1 amide bonds. The number of benzene rings is 1. The molecule has 122 valence electrons. The molecule has 24 heavy (non-hydrogen) atoms. The van der Waals surface area contributed by atoms with Crippen LogP contribution in [0.5, 0.6) is 11.5 Å². The van der Waals surface area contributed by atoms with Crippen LogP contribution in [0.1, 0.15) is 10.7 Å². The molecule has 0 radical (unpaired) electrons. The molecule has 0 aliphatic carbocycles. The first kappa shape index (κ1) is 15.4. The van der Waals surface area contributed by atoms with Crippen LogP contribution < -0.4 is 14.8 Å². The van der Waals surface area contributed by atoms with Gasteiger partial charge in [-0.1, -0.05) is 5.16 Å². The first-order valence-electron chi connectivity index (χ1n) is 6.84. The van der Waals surface area contributed by atoms with Gasteiger partial charge in [0.15, 0.2) is 0 Å². The van der Waals surface area contributed by atoms with Crippen molar-refractivity contribution in [2.24, 2.45) is 0 Å². The van der Waals surface area contributed by atoms with Crippen molar-refractivity contribution < 1.29 is 18.8 Å². The standard InChI is InChI=1S/C15H13N5O4/c1-22-9-3-4-12(23-2)10(7-9)18-14(21)15-19-13(20-24-15)11-8-16-5-6-17-11/h3-8H,1-2H3,(H,18,21). The van der Waals surface area contributed by atoms with E-state index < -0.39 is 5.91 Å². The van der Waals surface area contributed by atoms with Crippen LogP contribution in [0.25, 0.3) is 11.5 Å². The molecule has 9 nitrogen and oxygen atoms in total. The summed E-state index contributed by atoms with van der Waals surface area (Å²) in [7, 11) is 3.02. The molecule has 0 saturated carbocycles. The number of carbonyl (C=O) groups excluding carboxylic acids is 1. The minimum Gasteiger partial charge on any atom is -0.497 e. The zero-order chi connectivity index (χ0) is 16.9. The number of methoxy groups -OCH3 is 2. The number of hydrogen-bond donors (Lipinski definition) is 1. The normalized spacial score (nSPS) is 10.2. The number of amides is 1. The third-order valence-electron chi connectivity index (χ3n) is 3.07. The van der Waals surface area contributed by atoms with E-state index in [9.17, 15) is 4.79 Å². The molecular weight excluding hydrogens is 314 g/mol. The lowest BCUT2D eigenvalue weighted by atomic mass is 10.2. The van der Waals surface area contributed by atoms with Crippen LogP contribution in [0.4, 0.5) is 5.69 Å². The first-order chi connectivity index (χ1) is 11.7. The Morgan fingerprint density at radius 3 is 2.79 bits per heavy atom. The summed E-state index contributed by atoms with van der Waals surface area (Å²) in [5.74, 6) is 0.422. The molecule has 3 aromatic rings. The van der Waals surface area contributed by atoms with Crippen molar-refractivity contribution in [2.75, 3.05) is 19.5 Å². The van der Waals surface area contributed by atoms with Gasteiger partial charge in [-0.2, -0.15) is 4.98 Å². The Kier molecular flexibility index (Phi) is 4.32. The molecule has 0 fully saturated rings. The number of ether oxygens (including phenoxy) is 2. The van der Waals surface area contributed by atoms with Crippen LogP contribution in [-0.4, -0.2) is 40.2 Å². The molecular formula is C15H13N5O4. The van der Waals surface area contributed by atoms with E-state index in [1.807, 2.05) is 0 Å². The second-order valence-electron chi connectivity index (χ2n) is 4.53. The molecule has 1 N–H and O–H groups in total. The van der Waals surface area contributed by atoms with Crippen LogP contribution in [-0.2, 0) is 0 Å². The fourth-order valence-electron chi connectivity index (χ4n) is 1.92. The van der Waals surface area contributed by atoms with Crippen LogP contribution >= 0.6 is 0 Å². The third kappa shape index (κ3) is 3.14. The monoisotopic (exact) mass is 327 g/mol. The number of nitrogens with one attached hydrogen (secondary N) is 1. The SMILES string of the molecule is COc1ccc(OC)c(NC(=O)c2nc(-c3cnccn3)no2)c1. The van der Waals surface area contributed by atoms with Gasteiger partial charge >= 0.3 is 11.8 Å². The molecule has 2 heterocycles. The Morgan fingerprint density at radius 2 is 2.08 bits per heavy atom. The second-order valence-corrected chi connectivity index (χ2v) is 4.53. The summed E-state index contributed by atoms with van der Waals surface area (Å²) in [6.07, 6.45) is 4.48. The van der Waals surface area contributed by atoms with Crippen molar-refractivity contribution >= 4 is 11.6 Å². The summed E-state index contributed by atoms with van der Waals surface area (Å²) < 4.78 is 15.3. The lowest BCUT2D eigenvalue weighted by molar-refractivity contribution is 0.0981. The van der Waals surface area contributed by atoms with E-state index in [1.54, 1.807) is 18.2 Å². The molecule has 0 aliphatic rings. The maximum absolute atomic E-state index is 12.3. The first-order valence-corrected chi connectivity index (χ1v) is 6.84. The Labute approximate surface area is 136 Å². The van der Waals surface area contributed by atoms with Crippen molar-refractivity contribution in [3.8, 4) is 23.0 Å². The number of rotatable bonds is 5.